The van der Waals surface area contributed by atoms with Gasteiger partial charge in [0.2, 0.25) is 0 Å². The summed E-state index contributed by atoms with van der Waals surface area (Å²) >= 11 is 5.99. The number of amides is 1. The normalized spacial score (nSPS) is 17.8. The van der Waals surface area contributed by atoms with Crippen LogP contribution >= 0.6 is 11.6 Å². The number of nitrogens with one attached hydrogen (secondary N) is 1. The van der Waals surface area contributed by atoms with Gasteiger partial charge in [0.25, 0.3) is 5.91 Å². The first-order valence-corrected chi connectivity index (χ1v) is 8.36. The van der Waals surface area contributed by atoms with Gasteiger partial charge in [-0.2, -0.15) is 0 Å². The van der Waals surface area contributed by atoms with E-state index in [0.29, 0.717) is 29.5 Å². The van der Waals surface area contributed by atoms with Crippen LogP contribution in [0.25, 0.3) is 6.08 Å². The van der Waals surface area contributed by atoms with Crippen LogP contribution in [0.2, 0.25) is 5.02 Å². The quantitative estimate of drug-likeness (QED) is 0.917. The molecule has 0 fully saturated rings. The molecule has 1 N–H and O–H groups in total. The molecule has 128 valence electrons. The summed E-state index contributed by atoms with van der Waals surface area (Å²) in [7, 11) is 0. The summed E-state index contributed by atoms with van der Waals surface area (Å²) in [5, 5.41) is 3.48. The largest absolute Gasteiger partial charge is 0.488 e. The molecule has 25 heavy (non-hydrogen) atoms. The van der Waals surface area contributed by atoms with E-state index in [1.165, 1.54) is 0 Å². The summed E-state index contributed by atoms with van der Waals surface area (Å²) in [4.78, 5) is 12.4. The Balaban J connectivity index is 1.39. The van der Waals surface area contributed by atoms with Crippen molar-refractivity contribution in [2.24, 2.45) is 0 Å². The molecule has 1 atom stereocenters. The molecule has 0 bridgehead atoms. The van der Waals surface area contributed by atoms with Crippen molar-refractivity contribution >= 4 is 23.6 Å². The van der Waals surface area contributed by atoms with Crippen LogP contribution in [0.15, 0.2) is 48.0 Å². The molecule has 0 saturated carbocycles. The van der Waals surface area contributed by atoms with Crippen molar-refractivity contribution in [3.8, 4) is 17.2 Å². The average molecular weight is 358 g/mol. The van der Waals surface area contributed by atoms with Crippen LogP contribution in [0.5, 0.6) is 17.2 Å². The molecule has 0 radical (unpaired) electrons. The number of fused-ring (bicyclic) bond motifs is 2. The predicted octanol–water partition coefficient (Wildman–Crippen LogP) is 3.07. The van der Waals surface area contributed by atoms with E-state index < -0.39 is 0 Å². The van der Waals surface area contributed by atoms with Gasteiger partial charge < -0.3 is 19.5 Å². The van der Waals surface area contributed by atoms with Crippen molar-refractivity contribution in [3.05, 3.63) is 58.6 Å². The Bertz CT molecular complexity index is 849. The zero-order chi connectivity index (χ0) is 17.2. The molecule has 1 amide bonds. The van der Waals surface area contributed by atoms with Gasteiger partial charge in [-0.3, -0.25) is 4.79 Å². The summed E-state index contributed by atoms with van der Waals surface area (Å²) < 4.78 is 17.1. The smallest absolute Gasteiger partial charge is 0.250 e. The Kier molecular flexibility index (Phi) is 4.24. The lowest BCUT2D eigenvalue weighted by Crippen LogP contribution is -2.41. The van der Waals surface area contributed by atoms with E-state index in [-0.39, 0.29) is 18.6 Å². The van der Waals surface area contributed by atoms with E-state index in [1.54, 1.807) is 24.3 Å². The third-order valence-corrected chi connectivity index (χ3v) is 4.27. The Hall–Kier alpha value is -2.66. The van der Waals surface area contributed by atoms with Gasteiger partial charge in [-0.05, 0) is 36.4 Å². The van der Waals surface area contributed by atoms with Gasteiger partial charge in [0.15, 0.2) is 11.5 Å². The van der Waals surface area contributed by atoms with Crippen molar-refractivity contribution in [3.63, 3.8) is 0 Å². The van der Waals surface area contributed by atoms with Crippen LogP contribution < -0.4 is 19.5 Å². The molecule has 0 aliphatic carbocycles. The molecular weight excluding hydrogens is 342 g/mol. The van der Waals surface area contributed by atoms with Gasteiger partial charge in [-0.15, -0.1) is 0 Å². The minimum absolute atomic E-state index is 0.187. The second-order valence-corrected chi connectivity index (χ2v) is 6.28. The maximum atomic E-state index is 12.4. The molecule has 2 aromatic rings. The zero-order valence-corrected chi connectivity index (χ0v) is 14.1. The van der Waals surface area contributed by atoms with Crippen LogP contribution in [-0.2, 0) is 4.79 Å². The van der Waals surface area contributed by atoms with Crippen LogP contribution in [-0.4, -0.2) is 31.8 Å². The number of carbonyl (C=O) groups excluding carboxylic acids is 1. The summed E-state index contributed by atoms with van der Waals surface area (Å²) in [6.07, 6.45) is 1.57. The lowest BCUT2D eigenvalue weighted by atomic mass is 10.1. The summed E-state index contributed by atoms with van der Waals surface area (Å²) in [6, 6.07) is 12.8. The fraction of sp³-hybridized carbons (Fsp3) is 0.211. The van der Waals surface area contributed by atoms with Gasteiger partial charge in [0, 0.05) is 10.6 Å². The van der Waals surface area contributed by atoms with Crippen molar-refractivity contribution in [1.82, 2.24) is 5.32 Å². The number of hydrogen-bond acceptors (Lipinski definition) is 4. The summed E-state index contributed by atoms with van der Waals surface area (Å²) in [5.74, 6) is 1.95. The minimum Gasteiger partial charge on any atom is -0.488 e. The predicted molar refractivity (Wildman–Crippen MR) is 94.3 cm³/mol. The minimum atomic E-state index is -0.231. The van der Waals surface area contributed by atoms with Gasteiger partial charge in [-0.25, -0.2) is 0 Å². The number of halogens is 1. The second-order valence-electron chi connectivity index (χ2n) is 5.85. The maximum Gasteiger partial charge on any atom is 0.250 e. The number of carbonyl (C=O) groups is 1. The first-order chi connectivity index (χ1) is 12.2. The van der Waals surface area contributed by atoms with Crippen molar-refractivity contribution in [2.75, 3.05) is 19.8 Å². The first kappa shape index (κ1) is 15.8. The van der Waals surface area contributed by atoms with Crippen LogP contribution in [0, 0.1) is 0 Å². The van der Waals surface area contributed by atoms with E-state index in [4.69, 9.17) is 25.8 Å². The molecule has 2 aliphatic heterocycles. The molecule has 0 spiro atoms. The number of benzene rings is 2. The van der Waals surface area contributed by atoms with Crippen molar-refractivity contribution < 1.29 is 19.0 Å². The number of ether oxygens (including phenoxy) is 3. The molecule has 2 aromatic carbocycles. The Morgan fingerprint density at radius 2 is 1.96 bits per heavy atom. The van der Waals surface area contributed by atoms with Crippen LogP contribution in [0.3, 0.4) is 0 Å². The molecule has 0 aromatic heterocycles. The van der Waals surface area contributed by atoms with Crippen molar-refractivity contribution in [2.45, 2.75) is 6.10 Å². The van der Waals surface area contributed by atoms with E-state index in [1.807, 2.05) is 24.3 Å². The monoisotopic (exact) mass is 357 g/mol. The lowest BCUT2D eigenvalue weighted by Gasteiger charge is -2.26. The number of hydrogen-bond donors (Lipinski definition) is 1. The highest BCUT2D eigenvalue weighted by molar-refractivity contribution is 6.30. The van der Waals surface area contributed by atoms with E-state index in [0.717, 1.165) is 17.1 Å². The molecule has 0 unspecified atom stereocenters. The molecule has 0 saturated heterocycles. The molecule has 4 rings (SSSR count). The summed E-state index contributed by atoms with van der Waals surface area (Å²) in [5.41, 5.74) is 1.35. The van der Waals surface area contributed by atoms with E-state index in [9.17, 15) is 4.79 Å². The molecule has 5 nitrogen and oxygen atoms in total. The molecule has 2 aliphatic rings. The third kappa shape index (κ3) is 3.42. The van der Waals surface area contributed by atoms with Crippen LogP contribution in [0.4, 0.5) is 0 Å². The van der Waals surface area contributed by atoms with E-state index >= 15 is 0 Å². The molecule has 2 heterocycles. The number of rotatable bonds is 3. The zero-order valence-electron chi connectivity index (χ0n) is 13.3. The summed E-state index contributed by atoms with van der Waals surface area (Å²) in [6.45, 7) is 0.976. The van der Waals surface area contributed by atoms with E-state index in [2.05, 4.69) is 5.32 Å². The molecular formula is C19H16ClNO4. The fourth-order valence-electron chi connectivity index (χ4n) is 2.76. The average Bonchev–Trinajstić information content (AvgIpc) is 2.65. The van der Waals surface area contributed by atoms with Crippen LogP contribution in [0.1, 0.15) is 5.56 Å². The first-order valence-electron chi connectivity index (χ1n) is 7.98. The standard InChI is InChI=1S/C19H16ClNO4/c20-14-5-6-16-12(8-14)7-13(10-23-16)19(22)21-9-15-11-24-17-3-1-2-4-18(17)25-15/h1-8,15H,9-11H2,(H,21,22)/t15-/m1/s1. The maximum absolute atomic E-state index is 12.4. The topological polar surface area (TPSA) is 56.8 Å². The van der Waals surface area contributed by atoms with Gasteiger partial charge in [0.1, 0.15) is 25.1 Å². The Morgan fingerprint density at radius 3 is 2.84 bits per heavy atom. The second kappa shape index (κ2) is 6.69. The fourth-order valence-corrected chi connectivity index (χ4v) is 2.94. The molecule has 6 heteroatoms. The third-order valence-electron chi connectivity index (χ3n) is 4.03. The van der Waals surface area contributed by atoms with Gasteiger partial charge in [-0.1, -0.05) is 23.7 Å². The van der Waals surface area contributed by atoms with Crippen molar-refractivity contribution in [1.29, 1.82) is 0 Å². The SMILES string of the molecule is O=C(NC[C@@H]1COc2ccccc2O1)C1=Cc2cc(Cl)ccc2OC1. The highest BCUT2D eigenvalue weighted by atomic mass is 35.5. The highest BCUT2D eigenvalue weighted by Gasteiger charge is 2.23. The highest BCUT2D eigenvalue weighted by Crippen LogP contribution is 2.31. The van der Waals surface area contributed by atoms with Gasteiger partial charge >= 0.3 is 0 Å². The Labute approximate surface area is 150 Å². The lowest BCUT2D eigenvalue weighted by molar-refractivity contribution is -0.118. The number of para-hydroxylation sites is 2. The van der Waals surface area contributed by atoms with Gasteiger partial charge in [0.05, 0.1) is 12.1 Å². The Morgan fingerprint density at radius 1 is 1.12 bits per heavy atom.